The predicted octanol–water partition coefficient (Wildman–Crippen LogP) is 5.99. The molecule has 3 aromatic heterocycles. The maximum Gasteiger partial charge on any atom is 0.259 e. The van der Waals surface area contributed by atoms with Crippen LogP contribution in [-0.4, -0.2) is 33.2 Å². The molecule has 5 aromatic rings. The average molecular weight is 508 g/mol. The second kappa shape index (κ2) is 9.61. The molecule has 35 heavy (non-hydrogen) atoms. The summed E-state index contributed by atoms with van der Waals surface area (Å²) in [4.78, 5) is 22.4. The van der Waals surface area contributed by atoms with Gasteiger partial charge in [0.2, 0.25) is 5.88 Å². The second-order valence-electron chi connectivity index (χ2n) is 7.14. The van der Waals surface area contributed by atoms with Gasteiger partial charge in [-0.05, 0) is 30.3 Å². The van der Waals surface area contributed by atoms with Crippen molar-refractivity contribution in [1.29, 1.82) is 0 Å². The summed E-state index contributed by atoms with van der Waals surface area (Å²) in [6.45, 7) is 0. The Morgan fingerprint density at radius 1 is 1.00 bits per heavy atom. The number of amides is 1. The van der Waals surface area contributed by atoms with E-state index in [1.165, 1.54) is 24.5 Å². The van der Waals surface area contributed by atoms with E-state index in [1.807, 2.05) is 18.2 Å². The first kappa shape index (κ1) is 22.6. The maximum absolute atomic E-state index is 14.0. The molecular weight excluding hydrogens is 493 g/mol. The van der Waals surface area contributed by atoms with Crippen molar-refractivity contribution in [3.8, 4) is 28.5 Å². The van der Waals surface area contributed by atoms with Crippen LogP contribution in [0.25, 0.3) is 21.5 Å². The lowest BCUT2D eigenvalue weighted by Crippen LogP contribution is -2.14. The maximum atomic E-state index is 14.0. The van der Waals surface area contributed by atoms with Crippen molar-refractivity contribution in [3.05, 3.63) is 83.4 Å². The molecule has 0 bridgehead atoms. The van der Waals surface area contributed by atoms with Crippen LogP contribution in [-0.2, 0) is 0 Å². The zero-order chi connectivity index (χ0) is 24.4. The number of halogens is 2. The Bertz CT molecular complexity index is 1560. The molecule has 0 saturated carbocycles. The molecule has 1 amide bonds. The summed E-state index contributed by atoms with van der Waals surface area (Å²) in [5, 5.41) is 11.2. The number of aromatic nitrogens is 4. The zero-order valence-electron chi connectivity index (χ0n) is 18.0. The van der Waals surface area contributed by atoms with Gasteiger partial charge in [-0.1, -0.05) is 41.1 Å². The number of methoxy groups -OCH3 is 1. The van der Waals surface area contributed by atoms with Gasteiger partial charge < -0.3 is 9.47 Å². The first-order chi connectivity index (χ1) is 17.0. The summed E-state index contributed by atoms with van der Waals surface area (Å²) in [5.41, 5.74) is 2.12. The highest BCUT2D eigenvalue weighted by molar-refractivity contribution is 7.22. The Morgan fingerprint density at radius 3 is 2.66 bits per heavy atom. The van der Waals surface area contributed by atoms with Gasteiger partial charge in [0.15, 0.2) is 16.7 Å². The quantitative estimate of drug-likeness (QED) is 0.301. The van der Waals surface area contributed by atoms with E-state index >= 15 is 0 Å². The lowest BCUT2D eigenvalue weighted by molar-refractivity contribution is 0.102. The molecule has 0 saturated heterocycles. The Hall–Kier alpha value is -4.15. The number of hydrogen-bond acceptors (Lipinski definition) is 8. The Kier molecular flexibility index (Phi) is 6.21. The molecule has 2 aromatic carbocycles. The SMILES string of the molecule is COc1ccccc1-c1cnncc1C(=O)Nc1nc2ccc(Oc3ccc(Cl)cc3F)nc2s1. The predicted molar refractivity (Wildman–Crippen MR) is 131 cm³/mol. The highest BCUT2D eigenvalue weighted by atomic mass is 35.5. The first-order valence-corrected chi connectivity index (χ1v) is 11.4. The third-order valence-corrected chi connectivity index (χ3v) is 6.05. The molecule has 5 rings (SSSR count). The van der Waals surface area contributed by atoms with Crippen LogP contribution < -0.4 is 14.8 Å². The molecule has 0 aliphatic heterocycles. The van der Waals surface area contributed by atoms with Crippen LogP contribution in [0.5, 0.6) is 17.4 Å². The van der Waals surface area contributed by atoms with Gasteiger partial charge in [0, 0.05) is 22.2 Å². The number of nitrogens with one attached hydrogen (secondary N) is 1. The number of thiazole rings is 1. The number of carbonyl (C=O) groups is 1. The number of hydrogen-bond donors (Lipinski definition) is 1. The van der Waals surface area contributed by atoms with Crippen molar-refractivity contribution in [2.75, 3.05) is 12.4 Å². The van der Waals surface area contributed by atoms with Crippen molar-refractivity contribution in [2.24, 2.45) is 0 Å². The van der Waals surface area contributed by atoms with E-state index < -0.39 is 11.7 Å². The number of benzene rings is 2. The summed E-state index contributed by atoms with van der Waals surface area (Å²) in [5.74, 6) is -0.248. The third kappa shape index (κ3) is 4.75. The van der Waals surface area contributed by atoms with Gasteiger partial charge in [-0.2, -0.15) is 10.2 Å². The fourth-order valence-corrected chi connectivity index (χ4v) is 4.31. The smallest absolute Gasteiger partial charge is 0.259 e. The Morgan fingerprint density at radius 2 is 1.83 bits per heavy atom. The van der Waals surface area contributed by atoms with Gasteiger partial charge in [-0.3, -0.25) is 10.1 Å². The highest BCUT2D eigenvalue weighted by Crippen LogP contribution is 2.33. The van der Waals surface area contributed by atoms with Crippen LogP contribution in [0.4, 0.5) is 9.52 Å². The molecule has 0 aliphatic rings. The van der Waals surface area contributed by atoms with E-state index in [1.54, 1.807) is 25.3 Å². The van der Waals surface area contributed by atoms with Crippen molar-refractivity contribution in [2.45, 2.75) is 0 Å². The number of para-hydroxylation sites is 1. The molecule has 0 radical (unpaired) electrons. The molecule has 174 valence electrons. The lowest BCUT2D eigenvalue weighted by Gasteiger charge is -2.11. The molecule has 0 aliphatic carbocycles. The van der Waals surface area contributed by atoms with Crippen LogP contribution in [0.3, 0.4) is 0 Å². The highest BCUT2D eigenvalue weighted by Gasteiger charge is 2.18. The van der Waals surface area contributed by atoms with E-state index in [4.69, 9.17) is 21.1 Å². The number of carbonyl (C=O) groups excluding carboxylic acids is 1. The van der Waals surface area contributed by atoms with Crippen LogP contribution in [0, 0.1) is 5.82 Å². The van der Waals surface area contributed by atoms with Gasteiger partial charge in [0.1, 0.15) is 16.1 Å². The third-order valence-electron chi connectivity index (χ3n) is 4.93. The molecule has 0 unspecified atom stereocenters. The Balaban J connectivity index is 1.40. The number of pyridine rings is 1. The lowest BCUT2D eigenvalue weighted by atomic mass is 10.0. The molecule has 8 nitrogen and oxygen atoms in total. The van der Waals surface area contributed by atoms with Crippen LogP contribution in [0.2, 0.25) is 5.02 Å². The summed E-state index contributed by atoms with van der Waals surface area (Å²) in [7, 11) is 1.56. The molecule has 0 fully saturated rings. The van der Waals surface area contributed by atoms with Crippen molar-refractivity contribution < 1.29 is 18.7 Å². The van der Waals surface area contributed by atoms with E-state index in [9.17, 15) is 9.18 Å². The van der Waals surface area contributed by atoms with E-state index in [0.29, 0.717) is 37.9 Å². The van der Waals surface area contributed by atoms with Gasteiger partial charge in [0.05, 0.1) is 25.1 Å². The topological polar surface area (TPSA) is 99.1 Å². The van der Waals surface area contributed by atoms with Crippen molar-refractivity contribution >= 4 is 44.3 Å². The van der Waals surface area contributed by atoms with Crippen LogP contribution >= 0.6 is 22.9 Å². The monoisotopic (exact) mass is 507 g/mol. The number of fused-ring (bicyclic) bond motifs is 1. The van der Waals surface area contributed by atoms with Gasteiger partial charge >= 0.3 is 0 Å². The minimum Gasteiger partial charge on any atom is -0.496 e. The molecule has 1 N–H and O–H groups in total. The van der Waals surface area contributed by atoms with Gasteiger partial charge in [-0.25, -0.2) is 14.4 Å². The summed E-state index contributed by atoms with van der Waals surface area (Å²) >= 11 is 6.93. The van der Waals surface area contributed by atoms with Crippen molar-refractivity contribution in [3.63, 3.8) is 0 Å². The molecular formula is C24H15ClFN5O3S. The van der Waals surface area contributed by atoms with Crippen molar-refractivity contribution in [1.82, 2.24) is 20.2 Å². The standard InChI is InChI=1S/C24H15ClFN5O3S/c1-33-19-5-3-2-4-14(19)15-11-27-28-12-16(15)22(32)31-24-29-18-7-9-21(30-23(18)35-24)34-20-8-6-13(25)10-17(20)26/h2-12H,1H3,(H,29,31,32). The summed E-state index contributed by atoms with van der Waals surface area (Å²) in [6, 6.07) is 14.6. The van der Waals surface area contributed by atoms with Crippen LogP contribution in [0.15, 0.2) is 67.0 Å². The Labute approximate surface area is 207 Å². The average Bonchev–Trinajstić information content (AvgIpc) is 3.27. The number of ether oxygens (including phenoxy) is 2. The molecule has 11 heteroatoms. The largest absolute Gasteiger partial charge is 0.496 e. The fraction of sp³-hybridized carbons (Fsp3) is 0.0417. The zero-order valence-corrected chi connectivity index (χ0v) is 19.6. The summed E-state index contributed by atoms with van der Waals surface area (Å²) in [6.07, 6.45) is 2.89. The molecule has 0 atom stereocenters. The minimum absolute atomic E-state index is 0.00616. The fourth-order valence-electron chi connectivity index (χ4n) is 3.33. The summed E-state index contributed by atoms with van der Waals surface area (Å²) < 4.78 is 25.0. The number of anilines is 1. The van der Waals surface area contributed by atoms with E-state index in [-0.39, 0.29) is 16.7 Å². The van der Waals surface area contributed by atoms with Gasteiger partial charge in [0.25, 0.3) is 5.91 Å². The van der Waals surface area contributed by atoms with Gasteiger partial charge in [-0.15, -0.1) is 0 Å². The normalized spacial score (nSPS) is 10.8. The van der Waals surface area contributed by atoms with Crippen LogP contribution in [0.1, 0.15) is 10.4 Å². The second-order valence-corrected chi connectivity index (χ2v) is 8.55. The van der Waals surface area contributed by atoms with E-state index in [2.05, 4.69) is 25.5 Å². The molecule has 3 heterocycles. The number of rotatable bonds is 6. The number of nitrogens with zero attached hydrogens (tertiary/aromatic N) is 4. The van der Waals surface area contributed by atoms with E-state index in [0.717, 1.165) is 17.4 Å². The molecule has 0 spiro atoms. The first-order valence-electron chi connectivity index (χ1n) is 10.2. The minimum atomic E-state index is -0.603.